The maximum atomic E-state index is 13.8. The maximum absolute atomic E-state index is 13.8. The fraction of sp³-hybridized carbons (Fsp3) is 0.400. The minimum Gasteiger partial charge on any atom is -0.330 e. The van der Waals surface area contributed by atoms with Crippen LogP contribution in [-0.2, 0) is 17.6 Å². The van der Waals surface area contributed by atoms with E-state index < -0.39 is 0 Å². The molecule has 1 unspecified atom stereocenters. The molecule has 5 heteroatoms. The first-order valence-corrected chi connectivity index (χ1v) is 13.8. The summed E-state index contributed by atoms with van der Waals surface area (Å²) in [5.41, 5.74) is 5.54. The van der Waals surface area contributed by atoms with Gasteiger partial charge in [0.1, 0.15) is 6.54 Å². The number of amides is 2. The zero-order valence-electron chi connectivity index (χ0n) is 20.7. The molecule has 182 valence electrons. The molecule has 35 heavy (non-hydrogen) atoms. The Balaban J connectivity index is 1.37. The van der Waals surface area contributed by atoms with Crippen LogP contribution in [0.15, 0.2) is 60.0 Å². The van der Waals surface area contributed by atoms with Gasteiger partial charge in [-0.05, 0) is 84.9 Å². The summed E-state index contributed by atoms with van der Waals surface area (Å²) in [7, 11) is 0. The van der Waals surface area contributed by atoms with Crippen LogP contribution in [0.2, 0.25) is 0 Å². The molecule has 0 spiro atoms. The number of aryl methyl sites for hydroxylation is 2. The lowest BCUT2D eigenvalue weighted by molar-refractivity contribution is -0.134. The minimum absolute atomic E-state index is 0.0245. The van der Waals surface area contributed by atoms with Crippen molar-refractivity contribution in [2.75, 3.05) is 13.1 Å². The summed E-state index contributed by atoms with van der Waals surface area (Å²) in [6.07, 6.45) is 6.17. The third kappa shape index (κ3) is 5.06. The van der Waals surface area contributed by atoms with Gasteiger partial charge in [-0.2, -0.15) is 0 Å². The molecular formula is C30H34N2O2S. The van der Waals surface area contributed by atoms with Gasteiger partial charge in [-0.3, -0.25) is 9.59 Å². The molecule has 1 aromatic heterocycles. The average molecular weight is 487 g/mol. The van der Waals surface area contributed by atoms with Crippen molar-refractivity contribution in [3.05, 3.63) is 92.7 Å². The van der Waals surface area contributed by atoms with Crippen LogP contribution in [0.1, 0.15) is 76.1 Å². The Bertz CT molecular complexity index is 1200. The van der Waals surface area contributed by atoms with E-state index in [9.17, 15) is 9.59 Å². The SMILES string of the molecule is CCCCc1ccc(C(=O)N(CC(=O)N2CCc3sccc3C2c2ccccc2C)C2CC2)cc1. The van der Waals surface area contributed by atoms with E-state index in [1.165, 1.54) is 27.1 Å². The van der Waals surface area contributed by atoms with Gasteiger partial charge < -0.3 is 9.80 Å². The van der Waals surface area contributed by atoms with Gasteiger partial charge in [0.05, 0.1) is 6.04 Å². The predicted molar refractivity (Wildman–Crippen MR) is 142 cm³/mol. The van der Waals surface area contributed by atoms with E-state index >= 15 is 0 Å². The smallest absolute Gasteiger partial charge is 0.254 e. The first-order valence-electron chi connectivity index (χ1n) is 12.9. The molecule has 0 saturated heterocycles. The van der Waals surface area contributed by atoms with Gasteiger partial charge in [-0.1, -0.05) is 49.7 Å². The molecule has 2 aliphatic rings. The Morgan fingerprint density at radius 1 is 1.03 bits per heavy atom. The maximum Gasteiger partial charge on any atom is 0.254 e. The van der Waals surface area contributed by atoms with Crippen molar-refractivity contribution in [2.45, 2.75) is 64.5 Å². The van der Waals surface area contributed by atoms with Crippen LogP contribution in [-0.4, -0.2) is 40.7 Å². The fourth-order valence-corrected chi connectivity index (χ4v) is 6.07. The number of fused-ring (bicyclic) bond motifs is 1. The number of hydrogen-bond acceptors (Lipinski definition) is 3. The van der Waals surface area contributed by atoms with Crippen LogP contribution in [0.25, 0.3) is 0 Å². The molecule has 2 heterocycles. The summed E-state index contributed by atoms with van der Waals surface area (Å²) < 4.78 is 0. The highest BCUT2D eigenvalue weighted by molar-refractivity contribution is 7.10. The van der Waals surface area contributed by atoms with Crippen LogP contribution < -0.4 is 0 Å². The second-order valence-electron chi connectivity index (χ2n) is 9.86. The van der Waals surface area contributed by atoms with Crippen molar-refractivity contribution in [3.63, 3.8) is 0 Å². The highest BCUT2D eigenvalue weighted by Crippen LogP contribution is 2.39. The van der Waals surface area contributed by atoms with E-state index in [1.54, 1.807) is 11.3 Å². The largest absolute Gasteiger partial charge is 0.330 e. The van der Waals surface area contributed by atoms with Crippen molar-refractivity contribution in [1.82, 2.24) is 9.80 Å². The number of benzene rings is 2. The van der Waals surface area contributed by atoms with Crippen LogP contribution in [0.3, 0.4) is 0 Å². The molecule has 5 rings (SSSR count). The van der Waals surface area contributed by atoms with Crippen LogP contribution in [0.4, 0.5) is 0 Å². The number of rotatable bonds is 8. The van der Waals surface area contributed by atoms with E-state index in [1.807, 2.05) is 28.0 Å². The Kier molecular flexibility index (Phi) is 7.05. The Morgan fingerprint density at radius 3 is 2.51 bits per heavy atom. The van der Waals surface area contributed by atoms with Crippen molar-refractivity contribution >= 4 is 23.2 Å². The molecule has 1 aliphatic carbocycles. The van der Waals surface area contributed by atoms with E-state index in [4.69, 9.17) is 0 Å². The van der Waals surface area contributed by atoms with Gasteiger partial charge in [0.15, 0.2) is 0 Å². The Hall–Kier alpha value is -2.92. The lowest BCUT2D eigenvalue weighted by Gasteiger charge is -2.38. The summed E-state index contributed by atoms with van der Waals surface area (Å²) in [5.74, 6) is 0.0125. The fourth-order valence-electron chi connectivity index (χ4n) is 5.16. The van der Waals surface area contributed by atoms with Crippen molar-refractivity contribution in [3.8, 4) is 0 Å². The third-order valence-corrected chi connectivity index (χ3v) is 8.34. The monoisotopic (exact) mass is 486 g/mol. The van der Waals surface area contributed by atoms with Crippen molar-refractivity contribution in [1.29, 1.82) is 0 Å². The number of unbranched alkanes of at least 4 members (excludes halogenated alkanes) is 1. The van der Waals surface area contributed by atoms with E-state index in [0.717, 1.165) is 38.5 Å². The molecule has 4 nitrogen and oxygen atoms in total. The van der Waals surface area contributed by atoms with Crippen LogP contribution in [0, 0.1) is 6.92 Å². The summed E-state index contributed by atoms with van der Waals surface area (Å²) >= 11 is 1.78. The third-order valence-electron chi connectivity index (χ3n) is 7.34. The molecule has 0 N–H and O–H groups in total. The molecule has 0 radical (unpaired) electrons. The molecule has 1 fully saturated rings. The Morgan fingerprint density at radius 2 is 1.80 bits per heavy atom. The lowest BCUT2D eigenvalue weighted by Crippen LogP contribution is -2.47. The quantitative estimate of drug-likeness (QED) is 0.382. The van der Waals surface area contributed by atoms with Gasteiger partial charge >= 0.3 is 0 Å². The highest BCUT2D eigenvalue weighted by atomic mass is 32.1. The van der Waals surface area contributed by atoms with Crippen LogP contribution in [0.5, 0.6) is 0 Å². The summed E-state index contributed by atoms with van der Waals surface area (Å²) in [6, 6.07) is 18.6. The minimum atomic E-state index is -0.0901. The number of nitrogens with zero attached hydrogens (tertiary/aromatic N) is 2. The molecule has 1 atom stereocenters. The Labute approximate surface area is 212 Å². The summed E-state index contributed by atoms with van der Waals surface area (Å²) in [6.45, 7) is 5.13. The molecule has 1 aliphatic heterocycles. The predicted octanol–water partition coefficient (Wildman–Crippen LogP) is 6.18. The number of carbonyl (C=O) groups excluding carboxylic acids is 2. The number of hydrogen-bond donors (Lipinski definition) is 0. The standard InChI is InChI=1S/C30H34N2O2S/c1-3-4-8-22-10-12-23(13-11-22)30(34)32(24-14-15-24)20-28(33)31-18-16-27-26(17-19-35-27)29(31)25-9-6-5-7-21(25)2/h5-7,9-13,17,19,24,29H,3-4,8,14-16,18,20H2,1-2H3. The second kappa shape index (κ2) is 10.4. The van der Waals surface area contributed by atoms with E-state index in [-0.39, 0.29) is 30.4 Å². The zero-order valence-corrected chi connectivity index (χ0v) is 21.5. The molecular weight excluding hydrogens is 452 g/mol. The molecule has 2 aromatic carbocycles. The second-order valence-corrected chi connectivity index (χ2v) is 10.9. The van der Waals surface area contributed by atoms with Crippen molar-refractivity contribution < 1.29 is 9.59 Å². The molecule has 3 aromatic rings. The summed E-state index contributed by atoms with van der Waals surface area (Å²) in [5, 5.41) is 2.13. The first-order chi connectivity index (χ1) is 17.1. The van der Waals surface area contributed by atoms with Gasteiger partial charge in [-0.15, -0.1) is 11.3 Å². The van der Waals surface area contributed by atoms with E-state index in [0.29, 0.717) is 12.1 Å². The molecule has 1 saturated carbocycles. The topological polar surface area (TPSA) is 40.6 Å². The molecule has 2 amide bonds. The van der Waals surface area contributed by atoms with Gasteiger partial charge in [0, 0.05) is 23.0 Å². The average Bonchev–Trinajstić information content (AvgIpc) is 3.61. The highest BCUT2D eigenvalue weighted by Gasteiger charge is 2.38. The zero-order chi connectivity index (χ0) is 24.4. The van der Waals surface area contributed by atoms with Gasteiger partial charge in [-0.25, -0.2) is 0 Å². The lowest BCUT2D eigenvalue weighted by atomic mass is 9.90. The van der Waals surface area contributed by atoms with Gasteiger partial charge in [0.2, 0.25) is 5.91 Å². The molecule has 0 bridgehead atoms. The van der Waals surface area contributed by atoms with Gasteiger partial charge in [0.25, 0.3) is 5.91 Å². The number of carbonyl (C=O) groups is 2. The first kappa shape index (κ1) is 23.8. The summed E-state index contributed by atoms with van der Waals surface area (Å²) in [4.78, 5) is 32.5. The van der Waals surface area contributed by atoms with Crippen molar-refractivity contribution in [2.24, 2.45) is 0 Å². The normalized spacial score (nSPS) is 17.2. The van der Waals surface area contributed by atoms with Crippen LogP contribution >= 0.6 is 11.3 Å². The number of thiophene rings is 1. The van der Waals surface area contributed by atoms with E-state index in [2.05, 4.69) is 55.6 Å².